The van der Waals surface area contributed by atoms with Gasteiger partial charge in [-0.25, -0.2) is 4.79 Å². The van der Waals surface area contributed by atoms with E-state index in [0.717, 1.165) is 6.08 Å². The molecule has 22 heavy (non-hydrogen) atoms. The third-order valence-corrected chi connectivity index (χ3v) is 5.28. The van der Waals surface area contributed by atoms with Gasteiger partial charge in [-0.15, -0.1) is 0 Å². The Balaban J connectivity index is 3.31. The van der Waals surface area contributed by atoms with Crippen molar-refractivity contribution in [2.24, 2.45) is 16.7 Å². The molecular formula is C16H24O6. The van der Waals surface area contributed by atoms with Crippen molar-refractivity contribution in [2.45, 2.75) is 52.6 Å². The zero-order chi connectivity index (χ0) is 17.1. The van der Waals surface area contributed by atoms with E-state index in [9.17, 15) is 24.6 Å². The molecule has 1 rings (SSSR count). The van der Waals surface area contributed by atoms with Gasteiger partial charge < -0.3 is 14.9 Å². The first-order chi connectivity index (χ1) is 10.1. The van der Waals surface area contributed by atoms with Crippen molar-refractivity contribution in [1.29, 1.82) is 0 Å². The standard InChI is InChI=1S/C16H24O6/c1-5-11(22-12(17)6-2)10-8-7-9-15(3,13(18)19)16(10,4)14(20)21/h6,10-11H,2,5,7-9H2,1,3-4H3,(H,18,19)(H,20,21). The molecule has 0 bridgehead atoms. The van der Waals surface area contributed by atoms with Gasteiger partial charge in [-0.1, -0.05) is 19.9 Å². The third kappa shape index (κ3) is 2.74. The molecule has 1 aliphatic rings. The Bertz CT molecular complexity index is 485. The van der Waals surface area contributed by atoms with Gasteiger partial charge in [0.2, 0.25) is 0 Å². The number of hydrogen-bond donors (Lipinski definition) is 2. The average Bonchev–Trinajstić information content (AvgIpc) is 2.47. The van der Waals surface area contributed by atoms with Gasteiger partial charge in [-0.3, -0.25) is 9.59 Å². The summed E-state index contributed by atoms with van der Waals surface area (Å²) in [6.45, 7) is 8.05. The summed E-state index contributed by atoms with van der Waals surface area (Å²) in [5.41, 5.74) is -2.92. The minimum absolute atomic E-state index is 0.285. The summed E-state index contributed by atoms with van der Waals surface area (Å²) in [7, 11) is 0. The van der Waals surface area contributed by atoms with E-state index in [1.54, 1.807) is 6.92 Å². The monoisotopic (exact) mass is 312 g/mol. The molecule has 1 saturated carbocycles. The van der Waals surface area contributed by atoms with E-state index in [1.165, 1.54) is 13.8 Å². The van der Waals surface area contributed by atoms with E-state index in [1.807, 2.05) is 0 Å². The predicted octanol–water partition coefficient (Wildman–Crippen LogP) is 2.48. The molecule has 1 fully saturated rings. The molecule has 0 aromatic heterocycles. The van der Waals surface area contributed by atoms with Crippen molar-refractivity contribution in [1.82, 2.24) is 0 Å². The van der Waals surface area contributed by atoms with Crippen LogP contribution in [-0.2, 0) is 19.1 Å². The topological polar surface area (TPSA) is 101 Å². The van der Waals surface area contributed by atoms with Crippen LogP contribution in [0.1, 0.15) is 46.5 Å². The Labute approximate surface area is 130 Å². The van der Waals surface area contributed by atoms with Crippen molar-refractivity contribution >= 4 is 17.9 Å². The van der Waals surface area contributed by atoms with Crippen LogP contribution >= 0.6 is 0 Å². The fourth-order valence-corrected chi connectivity index (χ4v) is 3.56. The number of carboxylic acid groups (broad SMARTS) is 2. The van der Waals surface area contributed by atoms with Gasteiger partial charge in [0.05, 0.1) is 10.8 Å². The van der Waals surface area contributed by atoms with Crippen LogP contribution in [0.15, 0.2) is 12.7 Å². The number of hydrogen-bond acceptors (Lipinski definition) is 4. The highest BCUT2D eigenvalue weighted by molar-refractivity contribution is 5.87. The van der Waals surface area contributed by atoms with Crippen molar-refractivity contribution < 1.29 is 29.3 Å². The minimum Gasteiger partial charge on any atom is -0.481 e. The molecule has 2 N–H and O–H groups in total. The molecule has 0 saturated heterocycles. The Morgan fingerprint density at radius 3 is 2.32 bits per heavy atom. The fourth-order valence-electron chi connectivity index (χ4n) is 3.56. The second kappa shape index (κ2) is 6.50. The van der Waals surface area contributed by atoms with E-state index in [-0.39, 0.29) is 6.42 Å². The second-order valence-corrected chi connectivity index (χ2v) is 6.23. The lowest BCUT2D eigenvalue weighted by Gasteiger charge is -2.50. The first kappa shape index (κ1) is 18.2. The Morgan fingerprint density at radius 2 is 1.91 bits per heavy atom. The van der Waals surface area contributed by atoms with E-state index < -0.39 is 40.8 Å². The van der Waals surface area contributed by atoms with Crippen LogP contribution in [0.4, 0.5) is 0 Å². The highest BCUT2D eigenvalue weighted by Gasteiger charge is 2.62. The molecule has 0 heterocycles. The largest absolute Gasteiger partial charge is 0.481 e. The number of rotatable bonds is 6. The highest BCUT2D eigenvalue weighted by Crippen LogP contribution is 2.55. The third-order valence-electron chi connectivity index (χ3n) is 5.28. The lowest BCUT2D eigenvalue weighted by molar-refractivity contribution is -0.192. The van der Waals surface area contributed by atoms with Crippen molar-refractivity contribution in [3.8, 4) is 0 Å². The quantitative estimate of drug-likeness (QED) is 0.577. The molecule has 1 aliphatic carbocycles. The Morgan fingerprint density at radius 1 is 1.32 bits per heavy atom. The summed E-state index contributed by atoms with van der Waals surface area (Å²) in [6, 6.07) is 0. The lowest BCUT2D eigenvalue weighted by Crippen LogP contribution is -2.58. The van der Waals surface area contributed by atoms with Gasteiger partial charge in [0.25, 0.3) is 0 Å². The number of aliphatic carboxylic acids is 2. The molecule has 0 aromatic rings. The van der Waals surface area contributed by atoms with Gasteiger partial charge in [0.1, 0.15) is 6.10 Å². The van der Waals surface area contributed by atoms with Gasteiger partial charge in [-0.2, -0.15) is 0 Å². The van der Waals surface area contributed by atoms with Gasteiger partial charge in [0, 0.05) is 12.0 Å². The van der Waals surface area contributed by atoms with Gasteiger partial charge >= 0.3 is 17.9 Å². The van der Waals surface area contributed by atoms with Crippen molar-refractivity contribution in [3.05, 3.63) is 12.7 Å². The fraction of sp³-hybridized carbons (Fsp3) is 0.688. The van der Waals surface area contributed by atoms with E-state index in [4.69, 9.17) is 4.74 Å². The highest BCUT2D eigenvalue weighted by atomic mass is 16.5. The maximum absolute atomic E-state index is 12.0. The zero-order valence-electron chi connectivity index (χ0n) is 13.3. The van der Waals surface area contributed by atoms with Crippen LogP contribution in [0.3, 0.4) is 0 Å². The molecule has 124 valence electrons. The molecule has 0 amide bonds. The van der Waals surface area contributed by atoms with Crippen LogP contribution in [0, 0.1) is 16.7 Å². The van der Waals surface area contributed by atoms with Crippen LogP contribution in [0.2, 0.25) is 0 Å². The van der Waals surface area contributed by atoms with Crippen molar-refractivity contribution in [3.63, 3.8) is 0 Å². The summed E-state index contributed by atoms with van der Waals surface area (Å²) in [5.74, 6) is -3.49. The van der Waals surface area contributed by atoms with Crippen LogP contribution in [-0.4, -0.2) is 34.2 Å². The minimum atomic E-state index is -1.51. The van der Waals surface area contributed by atoms with Crippen molar-refractivity contribution in [2.75, 3.05) is 0 Å². The van der Waals surface area contributed by atoms with E-state index >= 15 is 0 Å². The molecule has 6 nitrogen and oxygen atoms in total. The summed E-state index contributed by atoms with van der Waals surface area (Å²) < 4.78 is 5.29. The molecular weight excluding hydrogens is 288 g/mol. The molecule has 0 aromatic carbocycles. The maximum atomic E-state index is 12.0. The molecule has 4 unspecified atom stereocenters. The summed E-state index contributed by atoms with van der Waals surface area (Å²) >= 11 is 0. The Hall–Kier alpha value is -1.85. The lowest BCUT2D eigenvalue weighted by atomic mass is 9.51. The summed E-state index contributed by atoms with van der Waals surface area (Å²) in [6.07, 6.45) is 2.18. The normalized spacial score (nSPS) is 32.8. The first-order valence-electron chi connectivity index (χ1n) is 7.45. The number of carboxylic acids is 2. The summed E-state index contributed by atoms with van der Waals surface area (Å²) in [4.78, 5) is 35.2. The van der Waals surface area contributed by atoms with Crippen LogP contribution in [0.25, 0.3) is 0 Å². The predicted molar refractivity (Wildman–Crippen MR) is 79.2 cm³/mol. The van der Waals surface area contributed by atoms with Gasteiger partial charge in [-0.05, 0) is 33.1 Å². The van der Waals surface area contributed by atoms with Crippen LogP contribution in [0.5, 0.6) is 0 Å². The number of ether oxygens (including phenoxy) is 1. The average molecular weight is 312 g/mol. The molecule has 0 radical (unpaired) electrons. The maximum Gasteiger partial charge on any atom is 0.330 e. The second-order valence-electron chi connectivity index (χ2n) is 6.23. The van der Waals surface area contributed by atoms with E-state index in [0.29, 0.717) is 19.3 Å². The number of esters is 1. The zero-order valence-corrected chi connectivity index (χ0v) is 13.3. The van der Waals surface area contributed by atoms with E-state index in [2.05, 4.69) is 6.58 Å². The summed E-state index contributed by atoms with van der Waals surface area (Å²) in [5, 5.41) is 19.4. The van der Waals surface area contributed by atoms with Gasteiger partial charge in [0.15, 0.2) is 0 Å². The first-order valence-corrected chi connectivity index (χ1v) is 7.45. The smallest absolute Gasteiger partial charge is 0.330 e. The molecule has 6 heteroatoms. The Kier molecular flexibility index (Phi) is 5.38. The SMILES string of the molecule is C=CC(=O)OC(CC)C1CCCC(C)(C(=O)O)C1(C)C(=O)O. The molecule has 0 spiro atoms. The number of carbonyl (C=O) groups excluding carboxylic acids is 1. The number of carbonyl (C=O) groups is 3. The van der Waals surface area contributed by atoms with Crippen LogP contribution < -0.4 is 0 Å². The molecule has 4 atom stereocenters. The molecule has 0 aliphatic heterocycles.